The van der Waals surface area contributed by atoms with Crippen molar-refractivity contribution in [2.24, 2.45) is 5.41 Å². The molecule has 3 unspecified atom stereocenters. The Morgan fingerprint density at radius 3 is 2.35 bits per heavy atom. The van der Waals surface area contributed by atoms with Gasteiger partial charge in [-0.15, -0.1) is 0 Å². The van der Waals surface area contributed by atoms with Crippen LogP contribution in [-0.2, 0) is 4.79 Å². The Labute approximate surface area is 141 Å². The Kier molecular flexibility index (Phi) is 5.70. The normalized spacial score (nSPS) is 31.2. The maximum Gasteiger partial charge on any atom is 0.239 e. The van der Waals surface area contributed by atoms with E-state index in [1.165, 1.54) is 0 Å². The van der Waals surface area contributed by atoms with Crippen LogP contribution in [0.15, 0.2) is 0 Å². The molecule has 130 valence electrons. The highest BCUT2D eigenvalue weighted by atomic mass is 16.2. The van der Waals surface area contributed by atoms with Gasteiger partial charge in [0.2, 0.25) is 5.91 Å². The second-order valence-electron chi connectivity index (χ2n) is 8.46. The van der Waals surface area contributed by atoms with E-state index in [9.17, 15) is 4.79 Å². The molecule has 3 atom stereocenters. The summed E-state index contributed by atoms with van der Waals surface area (Å²) >= 11 is 0. The highest BCUT2D eigenvalue weighted by Crippen LogP contribution is 2.25. The number of piperidine rings is 1. The summed E-state index contributed by atoms with van der Waals surface area (Å²) in [7, 11) is 0. The van der Waals surface area contributed by atoms with Crippen LogP contribution in [0, 0.1) is 16.7 Å². The van der Waals surface area contributed by atoms with Crippen LogP contribution in [0.25, 0.3) is 0 Å². The molecule has 2 fully saturated rings. The number of piperazine rings is 1. The zero-order valence-electron chi connectivity index (χ0n) is 15.4. The Bertz CT molecular complexity index is 453. The van der Waals surface area contributed by atoms with Gasteiger partial charge in [-0.05, 0) is 32.1 Å². The molecule has 0 aromatic carbocycles. The van der Waals surface area contributed by atoms with Crippen LogP contribution < -0.4 is 0 Å². The number of carbonyl (C=O) groups is 1. The van der Waals surface area contributed by atoms with Crippen molar-refractivity contribution in [3.05, 3.63) is 0 Å². The van der Waals surface area contributed by atoms with Crippen molar-refractivity contribution >= 4 is 5.91 Å². The molecule has 0 aromatic rings. The summed E-state index contributed by atoms with van der Waals surface area (Å²) in [6.07, 6.45) is 2.06. The van der Waals surface area contributed by atoms with E-state index in [2.05, 4.69) is 55.4 Å². The second kappa shape index (κ2) is 7.19. The Morgan fingerprint density at radius 1 is 1.22 bits per heavy atom. The number of hydrogen-bond acceptors (Lipinski definition) is 4. The van der Waals surface area contributed by atoms with Gasteiger partial charge in [-0.1, -0.05) is 20.8 Å². The largest absolute Gasteiger partial charge is 0.341 e. The molecule has 0 aromatic heterocycles. The van der Waals surface area contributed by atoms with Crippen LogP contribution in [0.2, 0.25) is 0 Å². The molecule has 0 saturated carbocycles. The van der Waals surface area contributed by atoms with Gasteiger partial charge >= 0.3 is 0 Å². The van der Waals surface area contributed by atoms with Crippen molar-refractivity contribution in [2.45, 2.75) is 65.6 Å². The van der Waals surface area contributed by atoms with Gasteiger partial charge in [0.1, 0.15) is 0 Å². The Hall–Kier alpha value is -1.12. The van der Waals surface area contributed by atoms with Crippen molar-refractivity contribution in [1.29, 1.82) is 5.26 Å². The third kappa shape index (κ3) is 4.45. The van der Waals surface area contributed by atoms with E-state index in [0.717, 1.165) is 39.0 Å². The molecule has 5 heteroatoms. The van der Waals surface area contributed by atoms with Crippen LogP contribution in [0.1, 0.15) is 47.5 Å². The Balaban J connectivity index is 2.04. The molecule has 0 aliphatic carbocycles. The van der Waals surface area contributed by atoms with E-state index >= 15 is 0 Å². The van der Waals surface area contributed by atoms with Crippen molar-refractivity contribution < 1.29 is 4.79 Å². The van der Waals surface area contributed by atoms with Crippen molar-refractivity contribution in [2.75, 3.05) is 32.7 Å². The first kappa shape index (κ1) is 18.2. The fraction of sp³-hybridized carbons (Fsp3) is 0.889. The lowest BCUT2D eigenvalue weighted by Gasteiger charge is -2.48. The molecule has 2 heterocycles. The summed E-state index contributed by atoms with van der Waals surface area (Å²) in [6.45, 7) is 14.9. The van der Waals surface area contributed by atoms with E-state index in [4.69, 9.17) is 5.26 Å². The first-order chi connectivity index (χ1) is 10.7. The molecule has 23 heavy (non-hydrogen) atoms. The zero-order valence-corrected chi connectivity index (χ0v) is 15.4. The molecular weight excluding hydrogens is 288 g/mol. The highest BCUT2D eigenvalue weighted by molar-refractivity contribution is 5.82. The van der Waals surface area contributed by atoms with Gasteiger partial charge in [-0.2, -0.15) is 5.26 Å². The summed E-state index contributed by atoms with van der Waals surface area (Å²) in [5.74, 6) is 0.305. The minimum Gasteiger partial charge on any atom is -0.341 e. The SMILES string of the molecule is CC1CN(C2CCCN(CC(C)(C)C)C2=O)CC(C)N1CC#N. The number of rotatable bonds is 3. The van der Waals surface area contributed by atoms with E-state index in [1.54, 1.807) is 0 Å². The quantitative estimate of drug-likeness (QED) is 0.746. The third-order valence-electron chi connectivity index (χ3n) is 4.99. The van der Waals surface area contributed by atoms with E-state index in [-0.39, 0.29) is 11.5 Å². The number of likely N-dealkylation sites (tertiary alicyclic amines) is 1. The molecule has 0 radical (unpaired) electrons. The number of amides is 1. The monoisotopic (exact) mass is 320 g/mol. The van der Waals surface area contributed by atoms with Crippen molar-refractivity contribution in [1.82, 2.24) is 14.7 Å². The fourth-order valence-corrected chi connectivity index (χ4v) is 4.03. The predicted molar refractivity (Wildman–Crippen MR) is 91.9 cm³/mol. The van der Waals surface area contributed by atoms with Crippen LogP contribution in [0.3, 0.4) is 0 Å². The minimum atomic E-state index is 0.0280. The van der Waals surface area contributed by atoms with Gasteiger partial charge < -0.3 is 4.90 Å². The van der Waals surface area contributed by atoms with Crippen LogP contribution >= 0.6 is 0 Å². The van der Waals surface area contributed by atoms with Gasteiger partial charge in [0.15, 0.2) is 0 Å². The summed E-state index contributed by atoms with van der Waals surface area (Å²) in [6, 6.07) is 2.94. The smallest absolute Gasteiger partial charge is 0.239 e. The van der Waals surface area contributed by atoms with Crippen LogP contribution in [0.4, 0.5) is 0 Å². The first-order valence-electron chi connectivity index (χ1n) is 8.88. The molecule has 0 N–H and O–H groups in total. The van der Waals surface area contributed by atoms with Crippen LogP contribution in [0.5, 0.6) is 0 Å². The van der Waals surface area contributed by atoms with Gasteiger partial charge in [-0.25, -0.2) is 0 Å². The van der Waals surface area contributed by atoms with E-state index in [0.29, 0.717) is 24.5 Å². The third-order valence-corrected chi connectivity index (χ3v) is 4.99. The zero-order chi connectivity index (χ0) is 17.2. The van der Waals surface area contributed by atoms with Crippen molar-refractivity contribution in [3.63, 3.8) is 0 Å². The summed E-state index contributed by atoms with van der Waals surface area (Å²) < 4.78 is 0. The topological polar surface area (TPSA) is 50.6 Å². The number of nitriles is 1. The molecule has 0 bridgehead atoms. The Morgan fingerprint density at radius 2 is 1.83 bits per heavy atom. The first-order valence-corrected chi connectivity index (χ1v) is 8.88. The molecular formula is C18H32N4O. The molecule has 5 nitrogen and oxygen atoms in total. The molecule has 2 saturated heterocycles. The number of carbonyl (C=O) groups excluding carboxylic acids is 1. The van der Waals surface area contributed by atoms with Crippen LogP contribution in [-0.4, -0.2) is 71.5 Å². The lowest BCUT2D eigenvalue weighted by Crippen LogP contribution is -2.63. The summed E-state index contributed by atoms with van der Waals surface area (Å²) in [4.78, 5) is 19.6. The highest BCUT2D eigenvalue weighted by Gasteiger charge is 2.39. The second-order valence-corrected chi connectivity index (χ2v) is 8.46. The van der Waals surface area contributed by atoms with E-state index < -0.39 is 0 Å². The standard InChI is InChI=1S/C18H32N4O/c1-14-11-21(12-15(2)22(14)10-8-19)16-7-6-9-20(17(16)23)13-18(3,4)5/h14-16H,6-7,9-13H2,1-5H3. The lowest BCUT2D eigenvalue weighted by molar-refractivity contribution is -0.143. The summed E-state index contributed by atoms with van der Waals surface area (Å²) in [5, 5.41) is 8.99. The minimum absolute atomic E-state index is 0.0280. The molecule has 2 aliphatic heterocycles. The van der Waals surface area contributed by atoms with E-state index in [1.807, 2.05) is 0 Å². The number of nitrogens with zero attached hydrogens (tertiary/aromatic N) is 4. The van der Waals surface area contributed by atoms with Gasteiger partial charge in [-0.3, -0.25) is 14.6 Å². The van der Waals surface area contributed by atoms with Gasteiger partial charge in [0.05, 0.1) is 18.7 Å². The lowest BCUT2D eigenvalue weighted by atomic mass is 9.93. The number of hydrogen-bond donors (Lipinski definition) is 0. The van der Waals surface area contributed by atoms with Gasteiger partial charge in [0, 0.05) is 38.3 Å². The van der Waals surface area contributed by atoms with Gasteiger partial charge in [0.25, 0.3) is 0 Å². The molecule has 0 spiro atoms. The fourth-order valence-electron chi connectivity index (χ4n) is 4.03. The predicted octanol–water partition coefficient (Wildman–Crippen LogP) is 1.94. The average Bonchev–Trinajstić information content (AvgIpc) is 2.43. The van der Waals surface area contributed by atoms with Crippen molar-refractivity contribution in [3.8, 4) is 6.07 Å². The molecule has 2 aliphatic rings. The average molecular weight is 320 g/mol. The summed E-state index contributed by atoms with van der Waals surface area (Å²) in [5.41, 5.74) is 0.142. The molecule has 2 rings (SSSR count). The maximum absolute atomic E-state index is 12.9. The molecule has 1 amide bonds. The maximum atomic E-state index is 12.9.